The summed E-state index contributed by atoms with van der Waals surface area (Å²) in [5.41, 5.74) is 0.790. The molecule has 5 rings (SSSR count). The molecule has 3 amide bonds. The number of nitrogens with zero attached hydrogens (tertiary/aromatic N) is 3. The summed E-state index contributed by atoms with van der Waals surface area (Å²) in [4.78, 5) is 48.7. The summed E-state index contributed by atoms with van der Waals surface area (Å²) in [7, 11) is 0. The molecule has 1 spiro atoms. The zero-order valence-electron chi connectivity index (χ0n) is 25.9. The molecular weight excluding hydrogens is 554 g/mol. The smallest absolute Gasteiger partial charge is 0.249 e. The van der Waals surface area contributed by atoms with Gasteiger partial charge in [-0.1, -0.05) is 86.7 Å². The summed E-state index contributed by atoms with van der Waals surface area (Å²) in [6, 6.07) is 17.9. The van der Waals surface area contributed by atoms with E-state index < -0.39 is 35.6 Å². The van der Waals surface area contributed by atoms with Crippen LogP contribution in [0.15, 0.2) is 86.0 Å². The second kappa shape index (κ2) is 13.5. The van der Waals surface area contributed by atoms with E-state index in [-0.39, 0.29) is 36.8 Å². The molecule has 2 aromatic carbocycles. The first-order chi connectivity index (χ1) is 21.2. The second-order valence-corrected chi connectivity index (χ2v) is 12.8. The lowest BCUT2D eigenvalue weighted by molar-refractivity contribution is -0.152. The Balaban J connectivity index is 1.54. The Morgan fingerprint density at radius 2 is 1.52 bits per heavy atom. The summed E-state index contributed by atoms with van der Waals surface area (Å²) in [6.07, 6.45) is 4.52. The number of hydrogen-bond donors (Lipinski definition) is 1. The van der Waals surface area contributed by atoms with Crippen LogP contribution in [-0.2, 0) is 32.2 Å². The van der Waals surface area contributed by atoms with Crippen molar-refractivity contribution in [1.82, 2.24) is 14.7 Å². The third kappa shape index (κ3) is 5.85. The van der Waals surface area contributed by atoms with Gasteiger partial charge in [0.2, 0.25) is 17.7 Å². The number of fused-ring (bicyclic) bond motifs is 1. The summed E-state index contributed by atoms with van der Waals surface area (Å²) < 4.78 is 6.72. The van der Waals surface area contributed by atoms with Crippen LogP contribution in [0.5, 0.6) is 0 Å². The molecule has 0 radical (unpaired) electrons. The maximum atomic E-state index is 14.7. The minimum Gasteiger partial charge on any atom is -0.394 e. The minimum atomic E-state index is -1.15. The Hall–Kier alpha value is -3.75. The van der Waals surface area contributed by atoms with E-state index in [1.807, 2.05) is 74.5 Å². The molecule has 0 saturated carbocycles. The molecule has 234 valence electrons. The van der Waals surface area contributed by atoms with E-state index in [9.17, 15) is 19.5 Å². The van der Waals surface area contributed by atoms with Crippen LogP contribution in [0.1, 0.15) is 44.2 Å². The second-order valence-electron chi connectivity index (χ2n) is 12.8. The number of ether oxygens (including phenoxy) is 1. The fraction of sp³-hybridized carbons (Fsp3) is 0.472. The van der Waals surface area contributed by atoms with E-state index in [0.717, 1.165) is 11.1 Å². The number of carbonyl (C=O) groups excluding carboxylic acids is 3. The molecule has 0 aliphatic carbocycles. The Morgan fingerprint density at radius 1 is 0.977 bits per heavy atom. The monoisotopic (exact) mass is 599 g/mol. The van der Waals surface area contributed by atoms with Gasteiger partial charge in [0.15, 0.2) is 0 Å². The molecule has 3 heterocycles. The highest BCUT2D eigenvalue weighted by molar-refractivity contribution is 5.99. The lowest BCUT2D eigenvalue weighted by Crippen LogP contribution is -2.58. The van der Waals surface area contributed by atoms with Crippen LogP contribution in [0.25, 0.3) is 0 Å². The molecule has 1 N–H and O–H groups in total. The standard InChI is InChI=1S/C36H45N3O5/c1-5-19-37(22-26-13-9-7-10-14-26)33(41)30-29-17-18-36(44-29)31(30)34(42)39(28(24-40)21-25(3)4)32(36)35(43)38(20-6-2)23-27-15-11-8-12-16-27/h5-16,25,28-32,40H,1-2,17-24H2,3-4H3/t28-,29+,30-,31+,32?,36?/m1/s1. The number of benzene rings is 2. The van der Waals surface area contributed by atoms with Gasteiger partial charge in [0.05, 0.1) is 30.6 Å². The lowest BCUT2D eigenvalue weighted by atomic mass is 9.70. The number of carbonyl (C=O) groups is 3. The number of aliphatic hydroxyl groups excluding tert-OH is 1. The average molecular weight is 600 g/mol. The summed E-state index contributed by atoms with van der Waals surface area (Å²) in [6.45, 7) is 12.9. The summed E-state index contributed by atoms with van der Waals surface area (Å²) in [5.74, 6) is -2.04. The van der Waals surface area contributed by atoms with Gasteiger partial charge < -0.3 is 24.5 Å². The highest BCUT2D eigenvalue weighted by Crippen LogP contribution is 2.59. The van der Waals surface area contributed by atoms with Crippen molar-refractivity contribution in [3.05, 3.63) is 97.1 Å². The van der Waals surface area contributed by atoms with Gasteiger partial charge in [-0.3, -0.25) is 14.4 Å². The van der Waals surface area contributed by atoms with Gasteiger partial charge in [0.1, 0.15) is 11.6 Å². The molecule has 2 unspecified atom stereocenters. The van der Waals surface area contributed by atoms with Crippen molar-refractivity contribution in [2.24, 2.45) is 17.8 Å². The number of likely N-dealkylation sites (tertiary alicyclic amines) is 1. The van der Waals surface area contributed by atoms with Gasteiger partial charge in [-0.25, -0.2) is 0 Å². The van der Waals surface area contributed by atoms with E-state index >= 15 is 0 Å². The van der Waals surface area contributed by atoms with E-state index in [1.165, 1.54) is 0 Å². The maximum Gasteiger partial charge on any atom is 0.249 e. The van der Waals surface area contributed by atoms with E-state index in [0.29, 0.717) is 38.9 Å². The first-order valence-electron chi connectivity index (χ1n) is 15.7. The van der Waals surface area contributed by atoms with Crippen LogP contribution in [0.2, 0.25) is 0 Å². The molecule has 3 aliphatic heterocycles. The SMILES string of the molecule is C=CCN(Cc1ccccc1)C(=O)C1N([C@@H](CO)CC(C)C)C(=O)[C@@H]2[C@H](C(=O)N(CC=C)Cc3ccccc3)[C@@H]3CCC12O3. The number of rotatable bonds is 14. The fourth-order valence-electron chi connectivity index (χ4n) is 7.63. The predicted octanol–water partition coefficient (Wildman–Crippen LogP) is 4.20. The maximum absolute atomic E-state index is 14.7. The largest absolute Gasteiger partial charge is 0.394 e. The molecule has 3 saturated heterocycles. The Kier molecular flexibility index (Phi) is 9.71. The van der Waals surface area contributed by atoms with Crippen molar-refractivity contribution in [3.63, 3.8) is 0 Å². The predicted molar refractivity (Wildman–Crippen MR) is 169 cm³/mol. The molecule has 3 fully saturated rings. The van der Waals surface area contributed by atoms with Crippen LogP contribution < -0.4 is 0 Å². The third-order valence-corrected chi connectivity index (χ3v) is 9.36. The molecule has 2 aromatic rings. The molecule has 3 aliphatic rings. The molecule has 2 bridgehead atoms. The van der Waals surface area contributed by atoms with Crippen LogP contribution >= 0.6 is 0 Å². The molecule has 0 aromatic heterocycles. The number of hydrogen-bond acceptors (Lipinski definition) is 5. The van der Waals surface area contributed by atoms with Crippen LogP contribution in [-0.4, -0.2) is 81.0 Å². The van der Waals surface area contributed by atoms with Crippen LogP contribution in [0, 0.1) is 17.8 Å². The zero-order chi connectivity index (χ0) is 31.4. The van der Waals surface area contributed by atoms with E-state index in [1.54, 1.807) is 26.9 Å². The summed E-state index contributed by atoms with van der Waals surface area (Å²) >= 11 is 0. The highest BCUT2D eigenvalue weighted by Gasteiger charge is 2.75. The highest BCUT2D eigenvalue weighted by atomic mass is 16.5. The van der Waals surface area contributed by atoms with Crippen molar-refractivity contribution >= 4 is 17.7 Å². The molecule has 44 heavy (non-hydrogen) atoms. The van der Waals surface area contributed by atoms with Gasteiger partial charge in [0, 0.05) is 26.2 Å². The Bertz CT molecular complexity index is 1350. The Labute approximate surface area is 261 Å². The molecule has 8 nitrogen and oxygen atoms in total. The van der Waals surface area contributed by atoms with Gasteiger partial charge in [-0.2, -0.15) is 0 Å². The van der Waals surface area contributed by atoms with Gasteiger partial charge in [0.25, 0.3) is 0 Å². The molecule has 8 heteroatoms. The fourth-order valence-corrected chi connectivity index (χ4v) is 7.63. The van der Waals surface area contributed by atoms with Gasteiger partial charge in [-0.05, 0) is 36.3 Å². The third-order valence-electron chi connectivity index (χ3n) is 9.36. The topological polar surface area (TPSA) is 90.4 Å². The van der Waals surface area contributed by atoms with Crippen molar-refractivity contribution in [3.8, 4) is 0 Å². The zero-order valence-corrected chi connectivity index (χ0v) is 25.9. The number of amides is 3. The quantitative estimate of drug-likeness (QED) is 0.329. The minimum absolute atomic E-state index is 0.164. The van der Waals surface area contributed by atoms with Crippen molar-refractivity contribution in [2.45, 2.75) is 70.0 Å². The van der Waals surface area contributed by atoms with Crippen molar-refractivity contribution in [1.29, 1.82) is 0 Å². The first kappa shape index (κ1) is 31.7. The Morgan fingerprint density at radius 3 is 2.02 bits per heavy atom. The molecule has 6 atom stereocenters. The van der Waals surface area contributed by atoms with E-state index in [2.05, 4.69) is 13.2 Å². The summed E-state index contributed by atoms with van der Waals surface area (Å²) in [5, 5.41) is 10.6. The molecular formula is C36H45N3O5. The number of aliphatic hydroxyl groups is 1. The normalized spacial score (nSPS) is 26.0. The lowest BCUT2D eigenvalue weighted by Gasteiger charge is -2.39. The average Bonchev–Trinajstić information content (AvgIpc) is 3.67. The van der Waals surface area contributed by atoms with Gasteiger partial charge in [-0.15, -0.1) is 13.2 Å². The van der Waals surface area contributed by atoms with Crippen LogP contribution in [0.4, 0.5) is 0 Å². The van der Waals surface area contributed by atoms with Crippen molar-refractivity contribution < 1.29 is 24.2 Å². The van der Waals surface area contributed by atoms with Crippen LogP contribution in [0.3, 0.4) is 0 Å². The van der Waals surface area contributed by atoms with E-state index in [4.69, 9.17) is 4.74 Å². The first-order valence-corrected chi connectivity index (χ1v) is 15.7. The van der Waals surface area contributed by atoms with Gasteiger partial charge >= 0.3 is 0 Å². The van der Waals surface area contributed by atoms with Crippen molar-refractivity contribution in [2.75, 3.05) is 19.7 Å².